The van der Waals surface area contributed by atoms with E-state index in [2.05, 4.69) is 5.32 Å². The van der Waals surface area contributed by atoms with Crippen LogP contribution in [0.3, 0.4) is 0 Å². The highest BCUT2D eigenvalue weighted by atomic mass is 19.4. The lowest BCUT2D eigenvalue weighted by Gasteiger charge is -2.27. The fraction of sp³-hybridized carbons (Fsp3) is 1.00. The lowest BCUT2D eigenvalue weighted by atomic mass is 9.98. The van der Waals surface area contributed by atoms with Gasteiger partial charge in [-0.2, -0.15) is 13.2 Å². The van der Waals surface area contributed by atoms with Gasteiger partial charge in [-0.3, -0.25) is 0 Å². The van der Waals surface area contributed by atoms with Crippen molar-refractivity contribution in [1.82, 2.24) is 10.2 Å². The number of nitrogens with zero attached hydrogens (tertiary/aromatic N) is 1. The van der Waals surface area contributed by atoms with E-state index >= 15 is 0 Å². The van der Waals surface area contributed by atoms with Gasteiger partial charge >= 0.3 is 6.18 Å². The molecule has 1 fully saturated rings. The highest BCUT2D eigenvalue weighted by Crippen LogP contribution is 2.20. The minimum absolute atomic E-state index is 0.118. The third-order valence-corrected chi connectivity index (χ3v) is 2.81. The van der Waals surface area contributed by atoms with Crippen molar-refractivity contribution in [1.29, 1.82) is 0 Å². The van der Waals surface area contributed by atoms with E-state index in [1.54, 1.807) is 11.9 Å². The Hall–Kier alpha value is -0.290. The monoisotopic (exact) mass is 224 g/mol. The molecule has 2 nitrogen and oxygen atoms in total. The molecule has 0 bridgehead atoms. The van der Waals surface area contributed by atoms with Gasteiger partial charge in [0.25, 0.3) is 0 Å². The van der Waals surface area contributed by atoms with Crippen molar-refractivity contribution in [3.8, 4) is 0 Å². The van der Waals surface area contributed by atoms with E-state index in [4.69, 9.17) is 0 Å². The first kappa shape index (κ1) is 12.8. The minimum Gasteiger partial charge on any atom is -0.317 e. The fourth-order valence-corrected chi connectivity index (χ4v) is 1.91. The van der Waals surface area contributed by atoms with Crippen LogP contribution in [0, 0.1) is 5.92 Å². The SMILES string of the molecule is CN(CCC(F)(F)F)CC1CCNCC1. The molecule has 5 heteroatoms. The molecule has 0 aromatic carbocycles. The molecule has 1 heterocycles. The molecule has 0 atom stereocenters. The number of rotatable bonds is 4. The first-order valence-electron chi connectivity index (χ1n) is 5.43. The molecule has 0 aromatic rings. The minimum atomic E-state index is -4.03. The fourth-order valence-electron chi connectivity index (χ4n) is 1.91. The highest BCUT2D eigenvalue weighted by molar-refractivity contribution is 4.71. The van der Waals surface area contributed by atoms with Crippen LogP contribution >= 0.6 is 0 Å². The second-order valence-corrected chi connectivity index (χ2v) is 4.32. The van der Waals surface area contributed by atoms with Gasteiger partial charge in [0.15, 0.2) is 0 Å². The summed E-state index contributed by atoms with van der Waals surface area (Å²) in [5.41, 5.74) is 0. The molecular formula is C10H19F3N2. The van der Waals surface area contributed by atoms with Gasteiger partial charge in [-0.05, 0) is 38.9 Å². The number of nitrogens with one attached hydrogen (secondary N) is 1. The molecule has 1 aliphatic rings. The summed E-state index contributed by atoms with van der Waals surface area (Å²) in [5.74, 6) is 0.560. The average molecular weight is 224 g/mol. The Kier molecular flexibility index (Phi) is 4.86. The quantitative estimate of drug-likeness (QED) is 0.784. The second kappa shape index (κ2) is 5.70. The van der Waals surface area contributed by atoms with E-state index < -0.39 is 12.6 Å². The molecule has 1 rings (SSSR count). The Bertz CT molecular complexity index is 176. The smallest absolute Gasteiger partial charge is 0.317 e. The number of halogens is 3. The predicted molar refractivity (Wildman–Crippen MR) is 53.8 cm³/mol. The maximum Gasteiger partial charge on any atom is 0.390 e. The van der Waals surface area contributed by atoms with Gasteiger partial charge in [0.2, 0.25) is 0 Å². The number of hydrogen-bond donors (Lipinski definition) is 1. The summed E-state index contributed by atoms with van der Waals surface area (Å²) in [6.45, 7) is 2.90. The van der Waals surface area contributed by atoms with Crippen molar-refractivity contribution in [2.45, 2.75) is 25.4 Å². The largest absolute Gasteiger partial charge is 0.390 e. The molecule has 0 aromatic heterocycles. The summed E-state index contributed by atoms with van der Waals surface area (Å²) >= 11 is 0. The first-order valence-corrected chi connectivity index (χ1v) is 5.43. The number of piperidine rings is 1. The number of alkyl halides is 3. The first-order chi connectivity index (χ1) is 6.97. The van der Waals surface area contributed by atoms with Crippen LogP contribution < -0.4 is 5.32 Å². The molecule has 1 N–H and O–H groups in total. The van der Waals surface area contributed by atoms with E-state index in [9.17, 15) is 13.2 Å². The average Bonchev–Trinajstić information content (AvgIpc) is 2.15. The van der Waals surface area contributed by atoms with E-state index in [0.29, 0.717) is 5.92 Å². The molecule has 15 heavy (non-hydrogen) atoms. The van der Waals surface area contributed by atoms with Crippen LogP contribution in [0.15, 0.2) is 0 Å². The Balaban J connectivity index is 2.14. The molecule has 0 radical (unpaired) electrons. The van der Waals surface area contributed by atoms with Crippen molar-refractivity contribution in [2.24, 2.45) is 5.92 Å². The van der Waals surface area contributed by atoms with Crippen LogP contribution in [0.1, 0.15) is 19.3 Å². The lowest BCUT2D eigenvalue weighted by molar-refractivity contribution is -0.137. The molecule has 0 saturated carbocycles. The van der Waals surface area contributed by atoms with E-state index in [1.165, 1.54) is 0 Å². The molecule has 0 spiro atoms. The van der Waals surface area contributed by atoms with Gasteiger partial charge in [0.1, 0.15) is 0 Å². The van der Waals surface area contributed by atoms with Crippen LogP contribution in [0.5, 0.6) is 0 Å². The van der Waals surface area contributed by atoms with Gasteiger partial charge < -0.3 is 10.2 Å². The van der Waals surface area contributed by atoms with Crippen LogP contribution in [0.25, 0.3) is 0 Å². The van der Waals surface area contributed by atoms with Crippen LogP contribution in [-0.2, 0) is 0 Å². The van der Waals surface area contributed by atoms with E-state index in [0.717, 1.165) is 32.5 Å². The van der Waals surface area contributed by atoms with E-state index in [-0.39, 0.29) is 6.54 Å². The molecular weight excluding hydrogens is 205 g/mol. The van der Waals surface area contributed by atoms with Crippen molar-refractivity contribution in [2.75, 3.05) is 33.2 Å². The lowest BCUT2D eigenvalue weighted by Crippen LogP contribution is -2.35. The molecule has 0 aliphatic carbocycles. The zero-order chi connectivity index (χ0) is 11.3. The second-order valence-electron chi connectivity index (χ2n) is 4.32. The molecule has 1 aliphatic heterocycles. The molecule has 90 valence electrons. The van der Waals surface area contributed by atoms with Crippen LogP contribution in [-0.4, -0.2) is 44.3 Å². The normalized spacial score (nSPS) is 19.8. The van der Waals surface area contributed by atoms with Gasteiger partial charge in [-0.15, -0.1) is 0 Å². The van der Waals surface area contributed by atoms with Gasteiger partial charge in [0, 0.05) is 13.1 Å². The Labute approximate surface area is 88.8 Å². The molecule has 0 unspecified atom stereocenters. The van der Waals surface area contributed by atoms with Gasteiger partial charge in [-0.1, -0.05) is 0 Å². The summed E-state index contributed by atoms with van der Waals surface area (Å²) in [7, 11) is 1.77. The highest BCUT2D eigenvalue weighted by Gasteiger charge is 2.27. The third-order valence-electron chi connectivity index (χ3n) is 2.81. The third kappa shape index (κ3) is 5.99. The molecule has 0 amide bonds. The predicted octanol–water partition coefficient (Wildman–Crippen LogP) is 1.87. The van der Waals surface area contributed by atoms with Crippen molar-refractivity contribution >= 4 is 0 Å². The zero-order valence-electron chi connectivity index (χ0n) is 9.11. The maximum absolute atomic E-state index is 12.0. The van der Waals surface area contributed by atoms with Crippen LogP contribution in [0.2, 0.25) is 0 Å². The standard InChI is InChI=1S/C10H19F3N2/c1-15(7-4-10(11,12)13)8-9-2-5-14-6-3-9/h9,14H,2-8H2,1H3. The number of hydrogen-bond acceptors (Lipinski definition) is 2. The summed E-state index contributed by atoms with van der Waals surface area (Å²) in [4.78, 5) is 1.80. The Morgan fingerprint density at radius 1 is 1.27 bits per heavy atom. The van der Waals surface area contributed by atoms with Gasteiger partial charge in [0.05, 0.1) is 6.42 Å². The summed E-state index contributed by atoms with van der Waals surface area (Å²) in [6, 6.07) is 0. The van der Waals surface area contributed by atoms with Gasteiger partial charge in [-0.25, -0.2) is 0 Å². The van der Waals surface area contributed by atoms with Crippen molar-refractivity contribution in [3.05, 3.63) is 0 Å². The van der Waals surface area contributed by atoms with Crippen molar-refractivity contribution in [3.63, 3.8) is 0 Å². The summed E-state index contributed by atoms with van der Waals surface area (Å²) in [5, 5.41) is 3.25. The topological polar surface area (TPSA) is 15.3 Å². The summed E-state index contributed by atoms with van der Waals surface area (Å²) in [6.07, 6.45) is -2.57. The Morgan fingerprint density at radius 3 is 2.40 bits per heavy atom. The maximum atomic E-state index is 12.0. The zero-order valence-corrected chi connectivity index (χ0v) is 9.11. The Morgan fingerprint density at radius 2 is 1.87 bits per heavy atom. The van der Waals surface area contributed by atoms with Crippen LogP contribution in [0.4, 0.5) is 13.2 Å². The summed E-state index contributed by atoms with van der Waals surface area (Å²) < 4.78 is 35.9. The molecule has 1 saturated heterocycles. The van der Waals surface area contributed by atoms with E-state index in [1.807, 2.05) is 0 Å². The van der Waals surface area contributed by atoms with Crippen molar-refractivity contribution < 1.29 is 13.2 Å².